The maximum atomic E-state index is 11.0. The number of allylic oxidation sites excluding steroid dienone is 1. The molecule has 0 saturated heterocycles. The van der Waals surface area contributed by atoms with Crippen molar-refractivity contribution in [3.8, 4) is 0 Å². The molecule has 0 spiro atoms. The van der Waals surface area contributed by atoms with Gasteiger partial charge in [0.25, 0.3) is 0 Å². The van der Waals surface area contributed by atoms with Gasteiger partial charge in [0.1, 0.15) is 0 Å². The lowest BCUT2D eigenvalue weighted by atomic mass is 9.51. The Morgan fingerprint density at radius 3 is 2.36 bits per heavy atom. The average Bonchev–Trinajstić information content (AvgIpc) is 2.47. The van der Waals surface area contributed by atoms with Crippen LogP contribution in [0.25, 0.3) is 0 Å². The summed E-state index contributed by atoms with van der Waals surface area (Å²) < 4.78 is 6.62. The molecule has 3 heteroatoms. The Kier molecular flexibility index (Phi) is 5.57. The molecule has 0 heterocycles. The first-order valence-corrected chi connectivity index (χ1v) is 12.9. The molecular formula is C22H40O2Si. The van der Waals surface area contributed by atoms with Gasteiger partial charge in [-0.2, -0.15) is 0 Å². The van der Waals surface area contributed by atoms with E-state index in [1.807, 2.05) is 0 Å². The first kappa shape index (κ1) is 20.9. The van der Waals surface area contributed by atoms with Crippen molar-refractivity contribution < 1.29 is 9.53 Å². The molecule has 0 aromatic carbocycles. The van der Waals surface area contributed by atoms with Gasteiger partial charge in [0.2, 0.25) is 0 Å². The third-order valence-corrected chi connectivity index (χ3v) is 12.1. The first-order valence-electron chi connectivity index (χ1n) is 9.96. The SMILES string of the molecule is C=C[C@]1(O)C[C@H]2C=C[C@]1(C)C[C@H]2[C@H](CO[Si](C)(C)C(C)(C)C)C(C)C. The zero-order chi connectivity index (χ0) is 19.3. The van der Waals surface area contributed by atoms with Crippen molar-refractivity contribution in [2.45, 2.75) is 78.1 Å². The van der Waals surface area contributed by atoms with Gasteiger partial charge in [0.15, 0.2) is 8.32 Å². The smallest absolute Gasteiger partial charge is 0.191 e. The fourth-order valence-corrected chi connectivity index (χ4v) is 5.48. The molecule has 3 rings (SSSR count). The number of hydrogen-bond donors (Lipinski definition) is 1. The summed E-state index contributed by atoms with van der Waals surface area (Å²) in [7, 11) is -1.74. The Bertz CT molecular complexity index is 531. The van der Waals surface area contributed by atoms with E-state index in [-0.39, 0.29) is 10.5 Å². The van der Waals surface area contributed by atoms with Gasteiger partial charge in [0, 0.05) is 12.0 Å². The standard InChI is InChI=1S/C22H40O2Si/c1-10-22(23)13-17-11-12-21(22,7)14-18(17)19(16(2)3)15-24-25(8,9)20(4,5)6/h10-12,16-19,23H,1,13-15H2,2-9H3/t17-,18-,19-,21-,22+/m1/s1. The lowest BCUT2D eigenvalue weighted by molar-refractivity contribution is -0.0990. The highest BCUT2D eigenvalue weighted by Gasteiger charge is 2.55. The summed E-state index contributed by atoms with van der Waals surface area (Å²) in [5.41, 5.74) is -0.955. The van der Waals surface area contributed by atoms with Crippen LogP contribution in [0.15, 0.2) is 24.8 Å². The fourth-order valence-electron chi connectivity index (χ4n) is 4.44. The lowest BCUT2D eigenvalue weighted by Gasteiger charge is -2.56. The van der Waals surface area contributed by atoms with E-state index in [4.69, 9.17) is 4.43 Å². The van der Waals surface area contributed by atoms with Crippen LogP contribution in [0.4, 0.5) is 0 Å². The van der Waals surface area contributed by atoms with Crippen LogP contribution in [0.3, 0.4) is 0 Å². The molecule has 0 amide bonds. The summed E-state index contributed by atoms with van der Waals surface area (Å²) in [6, 6.07) is 0. The maximum absolute atomic E-state index is 11.0. The highest BCUT2D eigenvalue weighted by molar-refractivity contribution is 6.74. The normalized spacial score (nSPS) is 36.7. The monoisotopic (exact) mass is 364 g/mol. The van der Waals surface area contributed by atoms with E-state index in [0.717, 1.165) is 19.4 Å². The molecule has 2 bridgehead atoms. The number of rotatable bonds is 6. The molecule has 0 aromatic rings. The lowest BCUT2D eigenvalue weighted by Crippen LogP contribution is -2.56. The van der Waals surface area contributed by atoms with Crippen molar-refractivity contribution in [3.63, 3.8) is 0 Å². The Hall–Kier alpha value is -0.383. The Labute approximate surface area is 156 Å². The van der Waals surface area contributed by atoms with Gasteiger partial charge in [-0.3, -0.25) is 0 Å². The zero-order valence-corrected chi connectivity index (χ0v) is 18.7. The second-order valence-electron chi connectivity index (χ2n) is 10.6. The predicted molar refractivity (Wildman–Crippen MR) is 110 cm³/mol. The quantitative estimate of drug-likeness (QED) is 0.477. The first-order chi connectivity index (χ1) is 11.3. The molecule has 2 nitrogen and oxygen atoms in total. The van der Waals surface area contributed by atoms with E-state index in [2.05, 4.69) is 73.4 Å². The highest BCUT2D eigenvalue weighted by Crippen LogP contribution is 2.57. The number of hydrogen-bond acceptors (Lipinski definition) is 2. The molecule has 1 N–H and O–H groups in total. The maximum Gasteiger partial charge on any atom is 0.191 e. The molecule has 144 valence electrons. The molecule has 3 aliphatic carbocycles. The van der Waals surface area contributed by atoms with Gasteiger partial charge >= 0.3 is 0 Å². The van der Waals surface area contributed by atoms with Crippen molar-refractivity contribution in [1.82, 2.24) is 0 Å². The van der Waals surface area contributed by atoms with Crippen LogP contribution >= 0.6 is 0 Å². The summed E-state index contributed by atoms with van der Waals surface area (Å²) >= 11 is 0. The molecular weight excluding hydrogens is 324 g/mol. The second kappa shape index (κ2) is 6.65. The second-order valence-corrected chi connectivity index (χ2v) is 15.4. The molecule has 5 atom stereocenters. The summed E-state index contributed by atoms with van der Waals surface area (Å²) in [6.07, 6.45) is 8.20. The third-order valence-electron chi connectivity index (χ3n) is 7.64. The van der Waals surface area contributed by atoms with Gasteiger partial charge in [-0.15, -0.1) is 6.58 Å². The van der Waals surface area contributed by atoms with Gasteiger partial charge in [-0.05, 0) is 54.6 Å². The minimum atomic E-state index is -1.74. The molecule has 0 aliphatic heterocycles. The van der Waals surface area contributed by atoms with E-state index in [1.165, 1.54) is 0 Å². The molecule has 1 fully saturated rings. The fraction of sp³-hybridized carbons (Fsp3) is 0.818. The van der Waals surface area contributed by atoms with Crippen LogP contribution in [-0.2, 0) is 4.43 Å². The summed E-state index contributed by atoms with van der Waals surface area (Å²) in [4.78, 5) is 0. The van der Waals surface area contributed by atoms with E-state index in [9.17, 15) is 5.11 Å². The zero-order valence-electron chi connectivity index (χ0n) is 17.7. The average molecular weight is 365 g/mol. The van der Waals surface area contributed by atoms with Gasteiger partial charge < -0.3 is 9.53 Å². The Balaban J connectivity index is 2.18. The minimum absolute atomic E-state index is 0.196. The molecule has 0 unspecified atom stereocenters. The Morgan fingerprint density at radius 1 is 1.32 bits per heavy atom. The summed E-state index contributed by atoms with van der Waals surface area (Å²) in [5, 5.41) is 11.3. The van der Waals surface area contributed by atoms with Gasteiger partial charge in [-0.1, -0.05) is 59.8 Å². The number of fused-ring (bicyclic) bond motifs is 2. The van der Waals surface area contributed by atoms with Crippen LogP contribution in [-0.4, -0.2) is 25.6 Å². The Morgan fingerprint density at radius 2 is 1.92 bits per heavy atom. The third kappa shape index (κ3) is 3.70. The highest BCUT2D eigenvalue weighted by atomic mass is 28.4. The van der Waals surface area contributed by atoms with Crippen molar-refractivity contribution in [2.75, 3.05) is 6.61 Å². The topological polar surface area (TPSA) is 29.5 Å². The molecule has 1 saturated carbocycles. The van der Waals surface area contributed by atoms with Crippen molar-refractivity contribution in [2.24, 2.45) is 29.1 Å². The predicted octanol–water partition coefficient (Wildman–Crippen LogP) is 5.80. The van der Waals surface area contributed by atoms with E-state index < -0.39 is 13.9 Å². The minimum Gasteiger partial charge on any atom is -0.417 e. The van der Waals surface area contributed by atoms with E-state index in [0.29, 0.717) is 23.7 Å². The molecule has 3 aliphatic rings. The van der Waals surface area contributed by atoms with Crippen molar-refractivity contribution >= 4 is 8.32 Å². The number of aliphatic hydroxyl groups is 1. The van der Waals surface area contributed by atoms with E-state index in [1.54, 1.807) is 6.08 Å². The summed E-state index contributed by atoms with van der Waals surface area (Å²) in [5.74, 6) is 2.14. The van der Waals surface area contributed by atoms with Crippen LogP contribution in [0, 0.1) is 29.1 Å². The van der Waals surface area contributed by atoms with Crippen LogP contribution < -0.4 is 0 Å². The van der Waals surface area contributed by atoms with Crippen LogP contribution in [0.1, 0.15) is 54.4 Å². The molecule has 0 radical (unpaired) electrons. The van der Waals surface area contributed by atoms with Crippen LogP contribution in [0.2, 0.25) is 18.1 Å². The molecule has 0 aromatic heterocycles. The summed E-state index contributed by atoms with van der Waals surface area (Å²) in [6.45, 7) is 23.2. The van der Waals surface area contributed by atoms with Gasteiger partial charge in [0.05, 0.1) is 5.60 Å². The van der Waals surface area contributed by atoms with E-state index >= 15 is 0 Å². The largest absolute Gasteiger partial charge is 0.417 e. The van der Waals surface area contributed by atoms with Crippen LogP contribution in [0.5, 0.6) is 0 Å². The van der Waals surface area contributed by atoms with Gasteiger partial charge in [-0.25, -0.2) is 0 Å². The molecule has 25 heavy (non-hydrogen) atoms. The van der Waals surface area contributed by atoms with Crippen molar-refractivity contribution in [3.05, 3.63) is 24.8 Å². The van der Waals surface area contributed by atoms with Crippen molar-refractivity contribution in [1.29, 1.82) is 0 Å².